The summed E-state index contributed by atoms with van der Waals surface area (Å²) in [5.74, 6) is 2.33. The van der Waals surface area contributed by atoms with E-state index in [0.717, 1.165) is 17.2 Å². The van der Waals surface area contributed by atoms with Crippen molar-refractivity contribution in [3.8, 4) is 6.19 Å². The number of imidazole rings is 1. The van der Waals surface area contributed by atoms with Crippen molar-refractivity contribution in [1.29, 1.82) is 5.26 Å². The number of nitrogens with one attached hydrogen (secondary N) is 2. The van der Waals surface area contributed by atoms with Gasteiger partial charge < -0.3 is 26.7 Å². The maximum atomic E-state index is 8.39. The number of hydrogen-bond acceptors (Lipinski definition) is 5. The standard InChI is InChI=1S/C12H21N9S/c1-21(12(15)19-8-13)4-2-17-11(14)18-3-5-22-7-10-6-16-9-20-10/h6,9H,2-5,7H2,1H3,(H2,15,19)(H,16,20)(H3,14,17,18). The highest BCUT2D eigenvalue weighted by Crippen LogP contribution is 2.08. The van der Waals surface area contributed by atoms with E-state index in [9.17, 15) is 0 Å². The average molecular weight is 323 g/mol. The van der Waals surface area contributed by atoms with Crippen molar-refractivity contribution in [3.63, 3.8) is 0 Å². The molecule has 0 radical (unpaired) electrons. The van der Waals surface area contributed by atoms with Crippen LogP contribution in [0.4, 0.5) is 0 Å². The summed E-state index contributed by atoms with van der Waals surface area (Å²) in [6.45, 7) is 1.78. The monoisotopic (exact) mass is 323 g/mol. The molecule has 0 unspecified atom stereocenters. The van der Waals surface area contributed by atoms with E-state index in [1.54, 1.807) is 36.2 Å². The van der Waals surface area contributed by atoms with E-state index in [0.29, 0.717) is 25.6 Å². The summed E-state index contributed by atoms with van der Waals surface area (Å²) >= 11 is 1.76. The molecule has 0 amide bonds. The van der Waals surface area contributed by atoms with E-state index < -0.39 is 0 Å². The number of nitrogens with two attached hydrogens (primary N) is 2. The molecular formula is C12H21N9S. The van der Waals surface area contributed by atoms with Crippen molar-refractivity contribution >= 4 is 23.7 Å². The Morgan fingerprint density at radius 1 is 1.59 bits per heavy atom. The van der Waals surface area contributed by atoms with Crippen molar-refractivity contribution in [2.75, 3.05) is 32.4 Å². The number of aromatic amines is 1. The van der Waals surface area contributed by atoms with Crippen molar-refractivity contribution in [3.05, 3.63) is 18.2 Å². The minimum Gasteiger partial charge on any atom is -0.370 e. The number of rotatable bonds is 8. The summed E-state index contributed by atoms with van der Waals surface area (Å²) in [6.07, 6.45) is 5.12. The van der Waals surface area contributed by atoms with Gasteiger partial charge in [0, 0.05) is 43.5 Å². The van der Waals surface area contributed by atoms with Gasteiger partial charge in [-0.25, -0.2) is 4.98 Å². The third-order valence-electron chi connectivity index (χ3n) is 2.64. The number of nitriles is 1. The molecule has 0 atom stereocenters. The molecule has 0 fully saturated rings. The Hall–Kier alpha value is -2.41. The molecule has 0 aromatic carbocycles. The molecular weight excluding hydrogens is 302 g/mol. The molecule has 1 aromatic heterocycles. The molecule has 0 bridgehead atoms. The summed E-state index contributed by atoms with van der Waals surface area (Å²) in [4.78, 5) is 16.3. The maximum Gasteiger partial charge on any atom is 0.209 e. The van der Waals surface area contributed by atoms with Gasteiger partial charge in [-0.15, -0.1) is 4.99 Å². The largest absolute Gasteiger partial charge is 0.370 e. The highest BCUT2D eigenvalue weighted by Gasteiger charge is 2.01. The van der Waals surface area contributed by atoms with Gasteiger partial charge >= 0.3 is 0 Å². The molecule has 1 heterocycles. The fourth-order valence-electron chi connectivity index (χ4n) is 1.44. The summed E-state index contributed by atoms with van der Waals surface area (Å²) in [5.41, 5.74) is 12.4. The van der Waals surface area contributed by atoms with Gasteiger partial charge in [0.2, 0.25) is 12.2 Å². The highest BCUT2D eigenvalue weighted by molar-refractivity contribution is 7.98. The number of guanidine groups is 2. The minimum absolute atomic E-state index is 0.176. The Balaban J connectivity index is 2.10. The van der Waals surface area contributed by atoms with Crippen LogP contribution in [0.1, 0.15) is 5.69 Å². The lowest BCUT2D eigenvalue weighted by atomic mass is 10.5. The average Bonchev–Trinajstić information content (AvgIpc) is 3.00. The van der Waals surface area contributed by atoms with Gasteiger partial charge in [-0.1, -0.05) is 0 Å². The Morgan fingerprint density at radius 3 is 3.09 bits per heavy atom. The summed E-state index contributed by atoms with van der Waals surface area (Å²) < 4.78 is 0. The molecule has 6 N–H and O–H groups in total. The van der Waals surface area contributed by atoms with E-state index in [1.165, 1.54) is 0 Å². The number of nitrogens with zero attached hydrogens (tertiary/aromatic N) is 5. The predicted octanol–water partition coefficient (Wildman–Crippen LogP) is -0.725. The van der Waals surface area contributed by atoms with Crippen LogP contribution < -0.4 is 16.8 Å². The van der Waals surface area contributed by atoms with E-state index in [-0.39, 0.29) is 5.96 Å². The van der Waals surface area contributed by atoms with Crippen LogP contribution in [0.25, 0.3) is 0 Å². The Bertz CT molecular complexity index is 517. The molecule has 1 rings (SSSR count). The van der Waals surface area contributed by atoms with Crippen LogP contribution in [0.15, 0.2) is 22.5 Å². The van der Waals surface area contributed by atoms with Gasteiger partial charge in [0.15, 0.2) is 5.96 Å². The van der Waals surface area contributed by atoms with Crippen molar-refractivity contribution < 1.29 is 0 Å². The maximum absolute atomic E-state index is 8.39. The first-order chi connectivity index (χ1) is 10.6. The van der Waals surface area contributed by atoms with E-state index in [4.69, 9.17) is 16.7 Å². The predicted molar refractivity (Wildman–Crippen MR) is 89.1 cm³/mol. The summed E-state index contributed by atoms with van der Waals surface area (Å²) in [6, 6.07) is 0. The smallest absolute Gasteiger partial charge is 0.209 e. The quantitative estimate of drug-likeness (QED) is 0.214. The molecule has 120 valence electrons. The molecule has 1 aromatic rings. The second-order valence-electron chi connectivity index (χ2n) is 4.31. The van der Waals surface area contributed by atoms with Gasteiger partial charge in [-0.2, -0.15) is 17.0 Å². The van der Waals surface area contributed by atoms with Crippen molar-refractivity contribution in [2.45, 2.75) is 5.75 Å². The van der Waals surface area contributed by atoms with Crippen LogP contribution in [0.5, 0.6) is 0 Å². The third-order valence-corrected chi connectivity index (χ3v) is 3.63. The minimum atomic E-state index is 0.176. The first kappa shape index (κ1) is 17.6. The fraction of sp³-hybridized carbons (Fsp3) is 0.500. The second-order valence-corrected chi connectivity index (χ2v) is 5.42. The topological polar surface area (TPSA) is 144 Å². The third kappa shape index (κ3) is 7.39. The first-order valence-electron chi connectivity index (χ1n) is 6.65. The zero-order valence-corrected chi connectivity index (χ0v) is 13.3. The molecule has 0 saturated heterocycles. The lowest BCUT2D eigenvalue weighted by molar-refractivity contribution is 0.498. The van der Waals surface area contributed by atoms with E-state index >= 15 is 0 Å². The van der Waals surface area contributed by atoms with Crippen LogP contribution in [-0.2, 0) is 5.75 Å². The fourth-order valence-corrected chi connectivity index (χ4v) is 2.18. The Labute approximate surface area is 133 Å². The number of thioether (sulfide) groups is 1. The van der Waals surface area contributed by atoms with Gasteiger partial charge in [0.25, 0.3) is 0 Å². The van der Waals surface area contributed by atoms with Crippen LogP contribution in [-0.4, -0.2) is 59.2 Å². The van der Waals surface area contributed by atoms with Gasteiger partial charge in [0.1, 0.15) is 0 Å². The zero-order chi connectivity index (χ0) is 16.2. The number of aromatic nitrogens is 2. The molecule has 0 spiro atoms. The Kier molecular flexibility index (Phi) is 8.29. The number of aliphatic imine (C=N–C) groups is 2. The first-order valence-corrected chi connectivity index (χ1v) is 7.81. The van der Waals surface area contributed by atoms with Gasteiger partial charge in [-0.3, -0.25) is 4.99 Å². The number of likely N-dealkylation sites (N-methyl/N-ethyl adjacent to an activating group) is 1. The van der Waals surface area contributed by atoms with E-state index in [2.05, 4.69) is 25.3 Å². The number of H-pyrrole nitrogens is 1. The van der Waals surface area contributed by atoms with E-state index in [1.807, 2.05) is 6.20 Å². The van der Waals surface area contributed by atoms with Gasteiger partial charge in [-0.05, 0) is 0 Å². The van der Waals surface area contributed by atoms with Crippen molar-refractivity contribution in [1.82, 2.24) is 20.2 Å². The Morgan fingerprint density at radius 2 is 2.41 bits per heavy atom. The molecule has 0 saturated carbocycles. The van der Waals surface area contributed by atoms with Crippen LogP contribution >= 0.6 is 11.8 Å². The van der Waals surface area contributed by atoms with Crippen molar-refractivity contribution in [2.24, 2.45) is 21.5 Å². The molecule has 10 heteroatoms. The lowest BCUT2D eigenvalue weighted by Gasteiger charge is -2.17. The second kappa shape index (κ2) is 10.3. The van der Waals surface area contributed by atoms with Crippen LogP contribution in [0, 0.1) is 11.5 Å². The zero-order valence-electron chi connectivity index (χ0n) is 12.5. The van der Waals surface area contributed by atoms with Gasteiger partial charge in [0.05, 0.1) is 12.9 Å². The van der Waals surface area contributed by atoms with Crippen LogP contribution in [0.2, 0.25) is 0 Å². The normalized spacial score (nSPS) is 12.0. The molecule has 0 aliphatic rings. The SMILES string of the molecule is CN(CCNC(N)=NCCSCc1cnc[nH]1)C(N)=NC#N. The number of hydrogen-bond donors (Lipinski definition) is 4. The van der Waals surface area contributed by atoms with Crippen LogP contribution in [0.3, 0.4) is 0 Å². The molecule has 0 aliphatic heterocycles. The molecule has 0 aliphatic carbocycles. The summed E-state index contributed by atoms with van der Waals surface area (Å²) in [5, 5.41) is 11.4. The summed E-state index contributed by atoms with van der Waals surface area (Å²) in [7, 11) is 1.75. The molecule has 22 heavy (non-hydrogen) atoms. The highest BCUT2D eigenvalue weighted by atomic mass is 32.2. The molecule has 9 nitrogen and oxygen atoms in total. The lowest BCUT2D eigenvalue weighted by Crippen LogP contribution is -2.41.